The van der Waals surface area contributed by atoms with E-state index in [1.54, 1.807) is 7.11 Å². The first kappa shape index (κ1) is 14.6. The molecule has 0 radical (unpaired) electrons. The molecule has 20 heavy (non-hydrogen) atoms. The van der Waals surface area contributed by atoms with Crippen LogP contribution in [0.2, 0.25) is 0 Å². The van der Waals surface area contributed by atoms with Gasteiger partial charge in [-0.1, -0.05) is 19.1 Å². The van der Waals surface area contributed by atoms with Crippen molar-refractivity contribution in [2.75, 3.05) is 7.11 Å². The van der Waals surface area contributed by atoms with E-state index in [4.69, 9.17) is 10.5 Å². The Kier molecular flexibility index (Phi) is 4.79. The minimum Gasteiger partial charge on any atom is -0.497 e. The summed E-state index contributed by atoms with van der Waals surface area (Å²) in [6, 6.07) is 8.15. The number of aryl methyl sites for hydroxylation is 1. The molecular formula is C16H23N3O. The van der Waals surface area contributed by atoms with Crippen molar-refractivity contribution in [3.05, 3.63) is 48.0 Å². The lowest BCUT2D eigenvalue weighted by Crippen LogP contribution is -2.31. The van der Waals surface area contributed by atoms with Gasteiger partial charge in [-0.15, -0.1) is 0 Å². The lowest BCUT2D eigenvalue weighted by molar-refractivity contribution is 0.411. The van der Waals surface area contributed by atoms with Crippen molar-refractivity contribution >= 4 is 0 Å². The van der Waals surface area contributed by atoms with Gasteiger partial charge in [-0.25, -0.2) is 4.98 Å². The number of nitrogens with two attached hydrogens (primary N) is 1. The van der Waals surface area contributed by atoms with Crippen LogP contribution in [0, 0.1) is 0 Å². The molecule has 0 fully saturated rings. The number of rotatable bonds is 6. The van der Waals surface area contributed by atoms with Crippen LogP contribution in [0.1, 0.15) is 37.7 Å². The van der Waals surface area contributed by atoms with E-state index in [1.165, 1.54) is 0 Å². The lowest BCUT2D eigenvalue weighted by atomic mass is 10.00. The fraction of sp³-hybridized carbons (Fsp3) is 0.438. The predicted molar refractivity (Wildman–Crippen MR) is 81.0 cm³/mol. The zero-order chi connectivity index (χ0) is 14.5. The second-order valence-corrected chi connectivity index (χ2v) is 5.08. The number of nitrogens with zero attached hydrogens (tertiary/aromatic N) is 2. The maximum absolute atomic E-state index is 6.23. The number of ether oxygens (including phenoxy) is 1. The van der Waals surface area contributed by atoms with Gasteiger partial charge < -0.3 is 15.0 Å². The van der Waals surface area contributed by atoms with E-state index in [1.807, 2.05) is 37.5 Å². The smallest absolute Gasteiger partial charge is 0.119 e. The summed E-state index contributed by atoms with van der Waals surface area (Å²) in [5.74, 6) is 1.93. The van der Waals surface area contributed by atoms with Crippen molar-refractivity contribution in [3.8, 4) is 5.75 Å². The van der Waals surface area contributed by atoms with Crippen LogP contribution < -0.4 is 10.5 Å². The largest absolute Gasteiger partial charge is 0.497 e. The quantitative estimate of drug-likeness (QED) is 0.880. The van der Waals surface area contributed by atoms with E-state index in [0.717, 1.165) is 30.0 Å². The summed E-state index contributed by atoms with van der Waals surface area (Å²) in [5.41, 5.74) is 7.37. The van der Waals surface area contributed by atoms with E-state index < -0.39 is 0 Å². The standard InChI is InChI=1S/C16H23N3O/c1-4-6-15-18-9-10-19(15)16(12(2)17)13-7-5-8-14(11-13)20-3/h5,7-12,16H,4,6,17H2,1-3H3. The van der Waals surface area contributed by atoms with Crippen molar-refractivity contribution in [2.45, 2.75) is 38.8 Å². The molecule has 2 unspecified atom stereocenters. The average molecular weight is 273 g/mol. The van der Waals surface area contributed by atoms with Gasteiger partial charge in [-0.2, -0.15) is 0 Å². The van der Waals surface area contributed by atoms with Gasteiger partial charge in [-0.3, -0.25) is 0 Å². The van der Waals surface area contributed by atoms with Crippen molar-refractivity contribution in [1.82, 2.24) is 9.55 Å². The van der Waals surface area contributed by atoms with Gasteiger partial charge in [0.1, 0.15) is 11.6 Å². The highest BCUT2D eigenvalue weighted by molar-refractivity contribution is 5.32. The second kappa shape index (κ2) is 6.57. The summed E-state index contributed by atoms with van der Waals surface area (Å²) in [5, 5.41) is 0. The first-order chi connectivity index (χ1) is 9.67. The Hall–Kier alpha value is -1.81. The first-order valence-electron chi connectivity index (χ1n) is 7.08. The van der Waals surface area contributed by atoms with Gasteiger partial charge in [-0.05, 0) is 31.0 Å². The van der Waals surface area contributed by atoms with Gasteiger partial charge in [0.2, 0.25) is 0 Å². The lowest BCUT2D eigenvalue weighted by Gasteiger charge is -2.25. The van der Waals surface area contributed by atoms with Crippen LogP contribution in [-0.4, -0.2) is 22.7 Å². The molecule has 108 valence electrons. The molecule has 2 N–H and O–H groups in total. The van der Waals surface area contributed by atoms with Crippen molar-refractivity contribution in [1.29, 1.82) is 0 Å². The Balaban J connectivity index is 2.42. The Morgan fingerprint density at radius 2 is 2.20 bits per heavy atom. The molecule has 0 aliphatic carbocycles. The molecule has 2 atom stereocenters. The Bertz CT molecular complexity index is 548. The van der Waals surface area contributed by atoms with Gasteiger partial charge in [0.05, 0.1) is 13.2 Å². The minimum atomic E-state index is -0.00749. The summed E-state index contributed by atoms with van der Waals surface area (Å²) < 4.78 is 7.50. The monoisotopic (exact) mass is 273 g/mol. The molecule has 0 bridgehead atoms. The molecule has 0 saturated carbocycles. The zero-order valence-electron chi connectivity index (χ0n) is 12.4. The molecule has 1 aromatic carbocycles. The van der Waals surface area contributed by atoms with Crippen molar-refractivity contribution < 1.29 is 4.74 Å². The number of benzene rings is 1. The third kappa shape index (κ3) is 3.02. The normalized spacial score (nSPS) is 14.0. The maximum atomic E-state index is 6.23. The Morgan fingerprint density at radius 3 is 2.85 bits per heavy atom. The summed E-state index contributed by atoms with van der Waals surface area (Å²) in [7, 11) is 1.68. The van der Waals surface area contributed by atoms with Crippen molar-refractivity contribution in [2.24, 2.45) is 5.73 Å². The van der Waals surface area contributed by atoms with Gasteiger partial charge >= 0.3 is 0 Å². The van der Waals surface area contributed by atoms with E-state index in [0.29, 0.717) is 0 Å². The average Bonchev–Trinajstić information content (AvgIpc) is 2.87. The number of aromatic nitrogens is 2. The molecule has 4 heteroatoms. The molecule has 2 aromatic rings. The van der Waals surface area contributed by atoms with Crippen LogP contribution in [0.15, 0.2) is 36.7 Å². The highest BCUT2D eigenvalue weighted by Gasteiger charge is 2.21. The molecule has 0 spiro atoms. The molecule has 2 rings (SSSR count). The van der Waals surface area contributed by atoms with E-state index in [2.05, 4.69) is 22.5 Å². The third-order valence-corrected chi connectivity index (χ3v) is 3.46. The highest BCUT2D eigenvalue weighted by atomic mass is 16.5. The van der Waals surface area contributed by atoms with Crippen LogP contribution >= 0.6 is 0 Å². The number of hydrogen-bond donors (Lipinski definition) is 1. The minimum absolute atomic E-state index is 0.00749. The maximum Gasteiger partial charge on any atom is 0.119 e. The van der Waals surface area contributed by atoms with Crippen LogP contribution in [0.3, 0.4) is 0 Å². The fourth-order valence-electron chi connectivity index (χ4n) is 2.56. The third-order valence-electron chi connectivity index (χ3n) is 3.46. The molecular weight excluding hydrogens is 250 g/mol. The number of methoxy groups -OCH3 is 1. The molecule has 1 aromatic heterocycles. The summed E-state index contributed by atoms with van der Waals surface area (Å²) in [6.07, 6.45) is 5.89. The number of imidazole rings is 1. The summed E-state index contributed by atoms with van der Waals surface area (Å²) in [4.78, 5) is 4.45. The summed E-state index contributed by atoms with van der Waals surface area (Å²) in [6.45, 7) is 4.19. The van der Waals surface area contributed by atoms with E-state index in [-0.39, 0.29) is 12.1 Å². The highest BCUT2D eigenvalue weighted by Crippen LogP contribution is 2.26. The topological polar surface area (TPSA) is 53.1 Å². The molecule has 0 amide bonds. The van der Waals surface area contributed by atoms with Crippen LogP contribution in [0.5, 0.6) is 5.75 Å². The second-order valence-electron chi connectivity index (χ2n) is 5.08. The molecule has 0 aliphatic heterocycles. The Labute approximate surface area is 120 Å². The van der Waals surface area contributed by atoms with Gasteiger partial charge in [0.25, 0.3) is 0 Å². The van der Waals surface area contributed by atoms with E-state index in [9.17, 15) is 0 Å². The fourth-order valence-corrected chi connectivity index (χ4v) is 2.56. The zero-order valence-corrected chi connectivity index (χ0v) is 12.4. The van der Waals surface area contributed by atoms with Crippen molar-refractivity contribution in [3.63, 3.8) is 0 Å². The number of hydrogen-bond acceptors (Lipinski definition) is 3. The molecule has 0 saturated heterocycles. The SMILES string of the molecule is CCCc1nccn1C(c1cccc(OC)c1)C(C)N. The van der Waals surface area contributed by atoms with E-state index >= 15 is 0 Å². The molecule has 1 heterocycles. The van der Waals surface area contributed by atoms with Crippen LogP contribution in [-0.2, 0) is 6.42 Å². The van der Waals surface area contributed by atoms with Crippen LogP contribution in [0.25, 0.3) is 0 Å². The molecule has 4 nitrogen and oxygen atoms in total. The van der Waals surface area contributed by atoms with Gasteiger partial charge in [0.15, 0.2) is 0 Å². The van der Waals surface area contributed by atoms with Gasteiger partial charge in [0, 0.05) is 24.9 Å². The Morgan fingerprint density at radius 1 is 1.40 bits per heavy atom. The predicted octanol–water partition coefficient (Wildman–Crippen LogP) is 2.78. The first-order valence-corrected chi connectivity index (χ1v) is 7.08. The molecule has 0 aliphatic rings. The summed E-state index contributed by atoms with van der Waals surface area (Å²) >= 11 is 0. The van der Waals surface area contributed by atoms with Crippen LogP contribution in [0.4, 0.5) is 0 Å².